The number of rotatable bonds is 2. The van der Waals surface area contributed by atoms with Gasteiger partial charge in [0.2, 0.25) is 0 Å². The molecule has 0 heterocycles. The Hall–Kier alpha value is -1.78. The highest BCUT2D eigenvalue weighted by molar-refractivity contribution is 6.06. The molecule has 15 heavy (non-hydrogen) atoms. The fraction of sp³-hybridized carbons (Fsp3) is 0.100. The summed E-state index contributed by atoms with van der Waals surface area (Å²) in [5, 5.41) is 0. The number of allylic oxidation sites excluding steroid dienone is 1. The van der Waals surface area contributed by atoms with Crippen molar-refractivity contribution in [3.63, 3.8) is 0 Å². The molecule has 2 nitrogen and oxygen atoms in total. The zero-order valence-corrected chi connectivity index (χ0v) is 7.58. The molecule has 0 unspecified atom stereocenters. The zero-order valence-electron chi connectivity index (χ0n) is 7.58. The van der Waals surface area contributed by atoms with Crippen LogP contribution in [-0.4, -0.2) is 6.29 Å². The summed E-state index contributed by atoms with van der Waals surface area (Å²) in [5.74, 6) is 0. The molecular weight excluding hydrogens is 207 g/mol. The Morgan fingerprint density at radius 3 is 2.47 bits per heavy atom. The van der Waals surface area contributed by atoms with Gasteiger partial charge in [-0.1, -0.05) is 12.1 Å². The van der Waals surface area contributed by atoms with Gasteiger partial charge in [0.15, 0.2) is 6.29 Å². The van der Waals surface area contributed by atoms with E-state index in [1.54, 1.807) is 0 Å². The van der Waals surface area contributed by atoms with Crippen molar-refractivity contribution in [1.82, 2.24) is 0 Å². The van der Waals surface area contributed by atoms with Crippen molar-refractivity contribution in [1.29, 1.82) is 0 Å². The quantitative estimate of drug-likeness (QED) is 0.607. The van der Waals surface area contributed by atoms with Crippen molar-refractivity contribution in [3.05, 3.63) is 41.6 Å². The van der Waals surface area contributed by atoms with E-state index in [9.17, 15) is 18.0 Å². The minimum absolute atomic E-state index is 0.0288. The summed E-state index contributed by atoms with van der Waals surface area (Å²) in [5.41, 5.74) is 4.48. The molecular formula is C10H8F3NO. The summed E-state index contributed by atoms with van der Waals surface area (Å²) in [4.78, 5) is 10.5. The number of hydrogen-bond acceptors (Lipinski definition) is 2. The van der Waals surface area contributed by atoms with Gasteiger partial charge in [-0.25, -0.2) is 0 Å². The lowest BCUT2D eigenvalue weighted by Gasteiger charge is -2.07. The topological polar surface area (TPSA) is 43.1 Å². The van der Waals surface area contributed by atoms with Crippen LogP contribution in [0.4, 0.5) is 13.2 Å². The Labute approximate surface area is 84.2 Å². The van der Waals surface area contributed by atoms with Crippen LogP contribution in [0.5, 0.6) is 0 Å². The highest BCUT2D eigenvalue weighted by Gasteiger charge is 2.30. The Bertz CT molecular complexity index is 396. The molecule has 0 bridgehead atoms. The maximum atomic E-state index is 12.3. The number of benzene rings is 1. The third-order valence-corrected chi connectivity index (χ3v) is 1.83. The first-order chi connectivity index (χ1) is 6.99. The van der Waals surface area contributed by atoms with E-state index in [-0.39, 0.29) is 11.1 Å². The third kappa shape index (κ3) is 2.59. The SMILES string of the molecule is NC=C(C=O)c1cccc(C(F)(F)F)c1. The first-order valence-corrected chi connectivity index (χ1v) is 4.03. The van der Waals surface area contributed by atoms with E-state index >= 15 is 0 Å². The molecule has 1 aromatic carbocycles. The molecule has 0 fully saturated rings. The predicted octanol–water partition coefficient (Wildman–Crippen LogP) is 2.20. The summed E-state index contributed by atoms with van der Waals surface area (Å²) < 4.78 is 36.9. The van der Waals surface area contributed by atoms with Crippen molar-refractivity contribution in [3.8, 4) is 0 Å². The molecule has 2 N–H and O–H groups in total. The fourth-order valence-corrected chi connectivity index (χ4v) is 1.08. The van der Waals surface area contributed by atoms with Gasteiger partial charge >= 0.3 is 6.18 Å². The van der Waals surface area contributed by atoms with Crippen LogP contribution in [-0.2, 0) is 11.0 Å². The van der Waals surface area contributed by atoms with Gasteiger partial charge in [0.1, 0.15) is 0 Å². The van der Waals surface area contributed by atoms with Crippen molar-refractivity contribution in [2.24, 2.45) is 5.73 Å². The van der Waals surface area contributed by atoms with Crippen LogP contribution in [0, 0.1) is 0 Å². The number of nitrogens with two attached hydrogens (primary N) is 1. The Morgan fingerprint density at radius 2 is 2.00 bits per heavy atom. The van der Waals surface area contributed by atoms with Gasteiger partial charge in [0.25, 0.3) is 0 Å². The smallest absolute Gasteiger partial charge is 0.404 e. The zero-order chi connectivity index (χ0) is 11.5. The molecule has 1 aromatic rings. The standard InChI is InChI=1S/C10H8F3NO/c11-10(12,13)9-3-1-2-7(4-9)8(5-14)6-15/h1-6H,14H2. The molecule has 0 amide bonds. The number of alkyl halides is 3. The average molecular weight is 215 g/mol. The van der Waals surface area contributed by atoms with Crippen LogP contribution in [0.3, 0.4) is 0 Å². The molecule has 0 aliphatic heterocycles. The van der Waals surface area contributed by atoms with Crippen LogP contribution in [0.25, 0.3) is 5.57 Å². The van der Waals surface area contributed by atoms with Crippen LogP contribution in [0.15, 0.2) is 30.5 Å². The normalized spacial score (nSPS) is 12.6. The molecule has 0 aliphatic carbocycles. The van der Waals surface area contributed by atoms with Gasteiger partial charge in [-0.2, -0.15) is 13.2 Å². The van der Waals surface area contributed by atoms with E-state index in [1.165, 1.54) is 12.1 Å². The number of aldehydes is 1. The second-order valence-electron chi connectivity index (χ2n) is 2.82. The second-order valence-corrected chi connectivity index (χ2v) is 2.82. The Kier molecular flexibility index (Phi) is 3.14. The summed E-state index contributed by atoms with van der Waals surface area (Å²) in [7, 11) is 0. The molecule has 0 atom stereocenters. The Balaban J connectivity index is 3.19. The molecule has 0 aromatic heterocycles. The molecule has 80 valence electrons. The predicted molar refractivity (Wildman–Crippen MR) is 49.7 cm³/mol. The Morgan fingerprint density at radius 1 is 1.33 bits per heavy atom. The van der Waals surface area contributed by atoms with E-state index in [1.807, 2.05) is 0 Å². The number of halogens is 3. The maximum Gasteiger partial charge on any atom is 0.416 e. The minimum atomic E-state index is -4.42. The van der Waals surface area contributed by atoms with E-state index in [4.69, 9.17) is 5.73 Å². The van der Waals surface area contributed by atoms with E-state index in [0.29, 0.717) is 6.29 Å². The van der Waals surface area contributed by atoms with Gasteiger partial charge in [-0.05, 0) is 17.7 Å². The molecule has 1 rings (SSSR count). The summed E-state index contributed by atoms with van der Waals surface area (Å²) in [6, 6.07) is 4.43. The fourth-order valence-electron chi connectivity index (χ4n) is 1.08. The first-order valence-electron chi connectivity index (χ1n) is 4.03. The molecule has 0 saturated carbocycles. The second kappa shape index (κ2) is 4.16. The maximum absolute atomic E-state index is 12.3. The van der Waals surface area contributed by atoms with Gasteiger partial charge in [0, 0.05) is 11.8 Å². The lowest BCUT2D eigenvalue weighted by atomic mass is 10.0. The van der Waals surface area contributed by atoms with Crippen molar-refractivity contribution >= 4 is 11.9 Å². The largest absolute Gasteiger partial charge is 0.416 e. The van der Waals surface area contributed by atoms with E-state index in [2.05, 4.69) is 0 Å². The summed E-state index contributed by atoms with van der Waals surface area (Å²) >= 11 is 0. The van der Waals surface area contributed by atoms with Gasteiger partial charge in [-0.3, -0.25) is 4.79 Å². The van der Waals surface area contributed by atoms with E-state index in [0.717, 1.165) is 18.3 Å². The van der Waals surface area contributed by atoms with Gasteiger partial charge in [-0.15, -0.1) is 0 Å². The average Bonchev–Trinajstić information content (AvgIpc) is 2.19. The lowest BCUT2D eigenvalue weighted by Crippen LogP contribution is -2.05. The van der Waals surface area contributed by atoms with Gasteiger partial charge in [0.05, 0.1) is 5.56 Å². The lowest BCUT2D eigenvalue weighted by molar-refractivity contribution is -0.137. The highest BCUT2D eigenvalue weighted by Crippen LogP contribution is 2.30. The third-order valence-electron chi connectivity index (χ3n) is 1.83. The highest BCUT2D eigenvalue weighted by atomic mass is 19.4. The summed E-state index contributed by atoms with van der Waals surface area (Å²) in [6.07, 6.45) is -3.03. The number of carbonyl (C=O) groups excluding carboxylic acids is 1. The molecule has 5 heteroatoms. The molecule has 0 aliphatic rings. The molecule has 0 spiro atoms. The van der Waals surface area contributed by atoms with Crippen molar-refractivity contribution in [2.45, 2.75) is 6.18 Å². The number of carbonyl (C=O) groups is 1. The number of hydrogen-bond donors (Lipinski definition) is 1. The van der Waals surface area contributed by atoms with Crippen molar-refractivity contribution in [2.75, 3.05) is 0 Å². The van der Waals surface area contributed by atoms with Crippen LogP contribution >= 0.6 is 0 Å². The molecule has 0 radical (unpaired) electrons. The van der Waals surface area contributed by atoms with E-state index < -0.39 is 11.7 Å². The molecule has 0 saturated heterocycles. The minimum Gasteiger partial charge on any atom is -0.404 e. The van der Waals surface area contributed by atoms with Crippen LogP contribution in [0.2, 0.25) is 0 Å². The van der Waals surface area contributed by atoms with Gasteiger partial charge < -0.3 is 5.73 Å². The van der Waals surface area contributed by atoms with Crippen LogP contribution in [0.1, 0.15) is 11.1 Å². The summed E-state index contributed by atoms with van der Waals surface area (Å²) in [6.45, 7) is 0. The van der Waals surface area contributed by atoms with Crippen LogP contribution < -0.4 is 5.73 Å². The monoisotopic (exact) mass is 215 g/mol. The van der Waals surface area contributed by atoms with Crippen molar-refractivity contribution < 1.29 is 18.0 Å². The first kappa shape index (κ1) is 11.3.